The summed E-state index contributed by atoms with van der Waals surface area (Å²) in [6.45, 7) is 3.36. The van der Waals surface area contributed by atoms with E-state index in [9.17, 15) is 14.0 Å². The Morgan fingerprint density at radius 3 is 2.41 bits per heavy atom. The van der Waals surface area contributed by atoms with Crippen molar-refractivity contribution < 1.29 is 18.7 Å². The summed E-state index contributed by atoms with van der Waals surface area (Å²) in [6, 6.07) is 20.2. The standard InChI is InChI=1S/C32H40FN3O3/c1-4-5-6-7-8-20-34-32(38)36(2)28-11-9-10-26(22-28)29-18-14-24(15-19-31(37)39-3)21-30(29)35-23-25-12-16-27(33)17-13-25/h9-14,16-18,21-22,35H,4-8,15,19-20,23H2,1-3H3,(H,34,38). The first-order valence-electron chi connectivity index (χ1n) is 13.7. The average molecular weight is 534 g/mol. The average Bonchev–Trinajstić information content (AvgIpc) is 2.97. The Morgan fingerprint density at radius 2 is 1.67 bits per heavy atom. The summed E-state index contributed by atoms with van der Waals surface area (Å²) < 4.78 is 18.2. The molecule has 0 atom stereocenters. The van der Waals surface area contributed by atoms with Gasteiger partial charge in [0.05, 0.1) is 7.11 Å². The van der Waals surface area contributed by atoms with Gasteiger partial charge in [0.1, 0.15) is 5.82 Å². The number of nitrogens with one attached hydrogen (secondary N) is 2. The summed E-state index contributed by atoms with van der Waals surface area (Å²) in [7, 11) is 3.16. The molecule has 0 saturated heterocycles. The molecule has 0 aliphatic rings. The smallest absolute Gasteiger partial charge is 0.321 e. The first-order valence-corrected chi connectivity index (χ1v) is 13.7. The number of anilines is 2. The van der Waals surface area contributed by atoms with E-state index in [4.69, 9.17) is 4.74 Å². The van der Waals surface area contributed by atoms with Crippen molar-refractivity contribution >= 4 is 23.4 Å². The number of ether oxygens (including phenoxy) is 1. The second-order valence-electron chi connectivity index (χ2n) is 9.69. The number of hydrogen-bond donors (Lipinski definition) is 2. The van der Waals surface area contributed by atoms with Gasteiger partial charge in [0.2, 0.25) is 0 Å². The summed E-state index contributed by atoms with van der Waals surface area (Å²) in [5, 5.41) is 6.49. The molecule has 0 spiro atoms. The van der Waals surface area contributed by atoms with Gasteiger partial charge in [0.15, 0.2) is 0 Å². The lowest BCUT2D eigenvalue weighted by atomic mass is 9.98. The number of halogens is 1. The fourth-order valence-corrected chi connectivity index (χ4v) is 4.33. The maximum Gasteiger partial charge on any atom is 0.321 e. The maximum absolute atomic E-state index is 13.4. The molecule has 6 nitrogen and oxygen atoms in total. The van der Waals surface area contributed by atoms with Crippen molar-refractivity contribution in [3.05, 3.63) is 83.7 Å². The van der Waals surface area contributed by atoms with Gasteiger partial charge in [-0.2, -0.15) is 0 Å². The predicted molar refractivity (Wildman–Crippen MR) is 157 cm³/mol. The quantitative estimate of drug-likeness (QED) is 0.168. The zero-order chi connectivity index (χ0) is 28.0. The van der Waals surface area contributed by atoms with Gasteiger partial charge in [-0.1, -0.05) is 69.0 Å². The van der Waals surface area contributed by atoms with E-state index < -0.39 is 0 Å². The van der Waals surface area contributed by atoms with Gasteiger partial charge < -0.3 is 15.4 Å². The zero-order valence-corrected chi connectivity index (χ0v) is 23.3. The highest BCUT2D eigenvalue weighted by molar-refractivity contribution is 5.92. The number of urea groups is 1. The number of aryl methyl sites for hydroxylation is 1. The number of carbonyl (C=O) groups is 2. The SMILES string of the molecule is CCCCCCCNC(=O)N(C)c1cccc(-c2ccc(CCC(=O)OC)cc2NCc2ccc(F)cc2)c1. The molecule has 0 heterocycles. The molecular formula is C32H40FN3O3. The van der Waals surface area contributed by atoms with E-state index in [1.807, 2.05) is 42.5 Å². The van der Waals surface area contributed by atoms with Crippen molar-refractivity contribution in [2.45, 2.75) is 58.4 Å². The number of amides is 2. The third-order valence-corrected chi connectivity index (χ3v) is 6.73. The number of nitrogens with zero attached hydrogens (tertiary/aromatic N) is 1. The molecule has 3 rings (SSSR count). The van der Waals surface area contributed by atoms with E-state index >= 15 is 0 Å². The van der Waals surface area contributed by atoms with E-state index in [2.05, 4.69) is 17.6 Å². The zero-order valence-electron chi connectivity index (χ0n) is 23.3. The fraction of sp³-hybridized carbons (Fsp3) is 0.375. The van der Waals surface area contributed by atoms with Crippen molar-refractivity contribution in [2.75, 3.05) is 30.9 Å². The van der Waals surface area contributed by atoms with Crippen LogP contribution in [0.15, 0.2) is 66.7 Å². The Kier molecular flexibility index (Phi) is 11.8. The number of unbranched alkanes of at least 4 members (excludes halogenated alkanes) is 4. The molecule has 0 fully saturated rings. The van der Waals surface area contributed by atoms with Crippen molar-refractivity contribution in [3.63, 3.8) is 0 Å². The van der Waals surface area contributed by atoms with Gasteiger partial charge in [0.25, 0.3) is 0 Å². The Bertz CT molecular complexity index is 1210. The molecule has 208 valence electrons. The summed E-state index contributed by atoms with van der Waals surface area (Å²) >= 11 is 0. The lowest BCUT2D eigenvalue weighted by Crippen LogP contribution is -2.37. The number of benzene rings is 3. The molecule has 0 saturated carbocycles. The molecular weight excluding hydrogens is 493 g/mol. The molecule has 2 N–H and O–H groups in total. The Morgan fingerprint density at radius 1 is 0.923 bits per heavy atom. The minimum absolute atomic E-state index is 0.129. The van der Waals surface area contributed by atoms with Crippen molar-refractivity contribution in [3.8, 4) is 11.1 Å². The van der Waals surface area contributed by atoms with Crippen LogP contribution in [0.4, 0.5) is 20.6 Å². The minimum atomic E-state index is -0.272. The van der Waals surface area contributed by atoms with E-state index in [1.54, 1.807) is 24.1 Å². The summed E-state index contributed by atoms with van der Waals surface area (Å²) in [5.74, 6) is -0.527. The number of methoxy groups -OCH3 is 1. The highest BCUT2D eigenvalue weighted by Crippen LogP contribution is 2.32. The lowest BCUT2D eigenvalue weighted by molar-refractivity contribution is -0.140. The Balaban J connectivity index is 1.77. The highest BCUT2D eigenvalue weighted by atomic mass is 19.1. The van der Waals surface area contributed by atoms with Gasteiger partial charge in [-0.15, -0.1) is 0 Å². The molecule has 0 bridgehead atoms. The number of esters is 1. The third kappa shape index (κ3) is 9.43. The summed E-state index contributed by atoms with van der Waals surface area (Å²) in [4.78, 5) is 26.1. The number of carbonyl (C=O) groups excluding carboxylic acids is 2. The van der Waals surface area contributed by atoms with Crippen molar-refractivity contribution in [2.24, 2.45) is 0 Å². The summed E-state index contributed by atoms with van der Waals surface area (Å²) in [6.07, 6.45) is 6.57. The van der Waals surface area contributed by atoms with Crippen LogP contribution >= 0.6 is 0 Å². The van der Waals surface area contributed by atoms with E-state index in [1.165, 1.54) is 38.5 Å². The van der Waals surface area contributed by atoms with Crippen LogP contribution in [0.5, 0.6) is 0 Å². The highest BCUT2D eigenvalue weighted by Gasteiger charge is 2.13. The molecule has 0 aromatic heterocycles. The Labute approximate surface area is 231 Å². The topological polar surface area (TPSA) is 70.7 Å². The van der Waals surface area contributed by atoms with Gasteiger partial charge >= 0.3 is 12.0 Å². The van der Waals surface area contributed by atoms with Gasteiger partial charge in [-0.05, 0) is 59.9 Å². The molecule has 39 heavy (non-hydrogen) atoms. The number of hydrogen-bond acceptors (Lipinski definition) is 4. The van der Waals surface area contributed by atoms with Crippen LogP contribution < -0.4 is 15.5 Å². The van der Waals surface area contributed by atoms with Crippen LogP contribution in [0.1, 0.15) is 56.6 Å². The van der Waals surface area contributed by atoms with E-state index in [0.29, 0.717) is 25.9 Å². The largest absolute Gasteiger partial charge is 0.469 e. The number of rotatable bonds is 14. The van der Waals surface area contributed by atoms with Gasteiger partial charge in [-0.3, -0.25) is 9.69 Å². The summed E-state index contributed by atoms with van der Waals surface area (Å²) in [5.41, 5.74) is 5.53. The molecule has 3 aromatic carbocycles. The van der Waals surface area contributed by atoms with Crippen molar-refractivity contribution in [1.82, 2.24) is 5.32 Å². The monoisotopic (exact) mass is 533 g/mol. The Hall–Kier alpha value is -3.87. The third-order valence-electron chi connectivity index (χ3n) is 6.73. The maximum atomic E-state index is 13.4. The lowest BCUT2D eigenvalue weighted by Gasteiger charge is -2.20. The first kappa shape index (κ1) is 29.7. The van der Waals surface area contributed by atoms with Crippen LogP contribution in [0, 0.1) is 5.82 Å². The van der Waals surface area contributed by atoms with Gasteiger partial charge in [0, 0.05) is 43.5 Å². The first-order chi connectivity index (χ1) is 18.9. The van der Waals surface area contributed by atoms with Crippen LogP contribution in [-0.4, -0.2) is 32.7 Å². The molecule has 2 amide bonds. The molecule has 3 aromatic rings. The van der Waals surface area contributed by atoms with E-state index in [-0.39, 0.29) is 17.8 Å². The van der Waals surface area contributed by atoms with E-state index in [0.717, 1.165) is 46.5 Å². The predicted octanol–water partition coefficient (Wildman–Crippen LogP) is 7.33. The molecule has 0 aliphatic carbocycles. The normalized spacial score (nSPS) is 10.7. The van der Waals surface area contributed by atoms with Crippen molar-refractivity contribution in [1.29, 1.82) is 0 Å². The van der Waals surface area contributed by atoms with Crippen LogP contribution in [0.25, 0.3) is 11.1 Å². The fourth-order valence-electron chi connectivity index (χ4n) is 4.33. The van der Waals surface area contributed by atoms with Crippen LogP contribution in [-0.2, 0) is 22.5 Å². The second kappa shape index (κ2) is 15.5. The van der Waals surface area contributed by atoms with Gasteiger partial charge in [-0.25, -0.2) is 9.18 Å². The molecule has 0 unspecified atom stereocenters. The minimum Gasteiger partial charge on any atom is -0.469 e. The molecule has 0 radical (unpaired) electrons. The molecule has 0 aliphatic heterocycles. The van der Waals surface area contributed by atoms with Crippen LogP contribution in [0.3, 0.4) is 0 Å². The molecule has 7 heteroatoms. The second-order valence-corrected chi connectivity index (χ2v) is 9.69. The van der Waals surface area contributed by atoms with Crippen LogP contribution in [0.2, 0.25) is 0 Å².